The second-order valence-electron chi connectivity index (χ2n) is 4.14. The minimum absolute atomic E-state index is 0.0732. The van der Waals surface area contributed by atoms with E-state index < -0.39 is 6.04 Å². The summed E-state index contributed by atoms with van der Waals surface area (Å²) in [5, 5.41) is 6.66. The number of hydrogen-bond donors (Lipinski definition) is 2. The lowest BCUT2D eigenvalue weighted by atomic mass is 10.0. The molecule has 0 bridgehead atoms. The molecule has 0 radical (unpaired) electrons. The molecule has 0 aromatic heterocycles. The molecule has 3 nitrogen and oxygen atoms in total. The largest absolute Gasteiger partial charge is 0.367 e. The van der Waals surface area contributed by atoms with Gasteiger partial charge in [0.25, 0.3) is 5.91 Å². The van der Waals surface area contributed by atoms with Crippen LogP contribution in [0, 0.1) is 0 Å². The first-order valence-electron chi connectivity index (χ1n) is 5.66. The Bertz CT molecular complexity index is 598. The van der Waals surface area contributed by atoms with Crippen LogP contribution >= 0.6 is 11.6 Å². The molecule has 4 heteroatoms. The lowest BCUT2D eigenvalue weighted by Crippen LogP contribution is -2.32. The Morgan fingerprint density at radius 3 is 2.56 bits per heavy atom. The summed E-state index contributed by atoms with van der Waals surface area (Å²) in [6.45, 7) is 0. The third kappa shape index (κ3) is 1.83. The van der Waals surface area contributed by atoms with Crippen molar-refractivity contribution in [1.82, 2.24) is 0 Å². The van der Waals surface area contributed by atoms with Crippen LogP contribution in [-0.4, -0.2) is 5.91 Å². The van der Waals surface area contributed by atoms with E-state index in [1.54, 1.807) is 6.07 Å². The van der Waals surface area contributed by atoms with E-state index in [1.165, 1.54) is 0 Å². The lowest BCUT2D eigenvalue weighted by Gasteiger charge is -2.27. The number of fused-ring (bicyclic) bond motifs is 1. The number of benzene rings is 2. The van der Waals surface area contributed by atoms with Crippen LogP contribution in [-0.2, 0) is 4.79 Å². The van der Waals surface area contributed by atoms with Gasteiger partial charge in [-0.3, -0.25) is 4.79 Å². The quantitative estimate of drug-likeness (QED) is 0.823. The second kappa shape index (κ2) is 4.35. The maximum absolute atomic E-state index is 12.1. The van der Waals surface area contributed by atoms with Gasteiger partial charge in [0.2, 0.25) is 0 Å². The van der Waals surface area contributed by atoms with Gasteiger partial charge < -0.3 is 10.6 Å². The molecule has 0 spiro atoms. The molecule has 90 valence electrons. The van der Waals surface area contributed by atoms with Gasteiger partial charge in [0.15, 0.2) is 0 Å². The number of anilines is 2. The van der Waals surface area contributed by atoms with Crippen LogP contribution in [0.15, 0.2) is 48.5 Å². The van der Waals surface area contributed by atoms with Gasteiger partial charge in [-0.1, -0.05) is 48.0 Å². The van der Waals surface area contributed by atoms with Crippen molar-refractivity contribution in [2.45, 2.75) is 6.04 Å². The summed E-state index contributed by atoms with van der Waals surface area (Å²) in [4.78, 5) is 12.1. The van der Waals surface area contributed by atoms with E-state index in [0.29, 0.717) is 5.02 Å². The molecular weight excluding hydrogens is 248 g/mol. The molecule has 1 aliphatic heterocycles. The third-order valence-corrected chi connectivity index (χ3v) is 3.27. The van der Waals surface area contributed by atoms with Crippen LogP contribution in [0.3, 0.4) is 0 Å². The average Bonchev–Trinajstić information content (AvgIpc) is 2.39. The van der Waals surface area contributed by atoms with Crippen LogP contribution in [0.5, 0.6) is 0 Å². The van der Waals surface area contributed by atoms with Crippen molar-refractivity contribution < 1.29 is 4.79 Å². The van der Waals surface area contributed by atoms with Crippen molar-refractivity contribution in [2.24, 2.45) is 0 Å². The topological polar surface area (TPSA) is 41.1 Å². The van der Waals surface area contributed by atoms with Crippen molar-refractivity contribution >= 4 is 28.9 Å². The molecule has 0 fully saturated rings. The molecule has 2 aromatic rings. The molecule has 2 aromatic carbocycles. The first-order valence-corrected chi connectivity index (χ1v) is 6.04. The summed E-state index contributed by atoms with van der Waals surface area (Å²) in [5.41, 5.74) is 2.41. The predicted octanol–water partition coefficient (Wildman–Crippen LogP) is 3.45. The summed E-state index contributed by atoms with van der Waals surface area (Å²) in [5.74, 6) is -0.0732. The van der Waals surface area contributed by atoms with Crippen molar-refractivity contribution in [3.63, 3.8) is 0 Å². The van der Waals surface area contributed by atoms with Gasteiger partial charge in [-0.25, -0.2) is 0 Å². The Morgan fingerprint density at radius 1 is 1.00 bits per heavy atom. The first kappa shape index (κ1) is 11.1. The molecule has 18 heavy (non-hydrogen) atoms. The highest BCUT2D eigenvalue weighted by molar-refractivity contribution is 6.34. The van der Waals surface area contributed by atoms with Crippen molar-refractivity contribution in [1.29, 1.82) is 0 Å². The highest BCUT2D eigenvalue weighted by atomic mass is 35.5. The molecule has 1 atom stereocenters. The summed E-state index contributed by atoms with van der Waals surface area (Å²) in [7, 11) is 0. The number of halogens is 1. The number of carbonyl (C=O) groups excluding carboxylic acids is 1. The number of amides is 1. The highest BCUT2D eigenvalue weighted by Crippen LogP contribution is 2.37. The van der Waals surface area contributed by atoms with E-state index >= 15 is 0 Å². The summed E-state index contributed by atoms with van der Waals surface area (Å²) < 4.78 is 0. The highest BCUT2D eigenvalue weighted by Gasteiger charge is 2.27. The summed E-state index contributed by atoms with van der Waals surface area (Å²) in [6, 6.07) is 14.6. The average molecular weight is 259 g/mol. The Morgan fingerprint density at radius 2 is 1.78 bits per heavy atom. The Hall–Kier alpha value is -2.00. The van der Waals surface area contributed by atoms with Gasteiger partial charge in [-0.2, -0.15) is 0 Å². The molecule has 1 heterocycles. The Labute approximate surface area is 110 Å². The zero-order chi connectivity index (χ0) is 12.5. The predicted molar refractivity (Wildman–Crippen MR) is 72.9 cm³/mol. The number of nitrogens with one attached hydrogen (secondary N) is 2. The second-order valence-corrected chi connectivity index (χ2v) is 4.55. The van der Waals surface area contributed by atoms with E-state index in [1.807, 2.05) is 42.5 Å². The third-order valence-electron chi connectivity index (χ3n) is 2.96. The number of rotatable bonds is 1. The van der Waals surface area contributed by atoms with E-state index in [4.69, 9.17) is 11.6 Å². The van der Waals surface area contributed by atoms with E-state index in [-0.39, 0.29) is 5.91 Å². The van der Waals surface area contributed by atoms with Gasteiger partial charge in [0, 0.05) is 0 Å². The van der Waals surface area contributed by atoms with Gasteiger partial charge in [0.05, 0.1) is 16.4 Å². The zero-order valence-electron chi connectivity index (χ0n) is 9.48. The lowest BCUT2D eigenvalue weighted by molar-refractivity contribution is -0.117. The zero-order valence-corrected chi connectivity index (χ0v) is 10.2. The van der Waals surface area contributed by atoms with E-state index in [2.05, 4.69) is 10.6 Å². The number of carbonyl (C=O) groups is 1. The van der Waals surface area contributed by atoms with Crippen LogP contribution in [0.1, 0.15) is 11.6 Å². The molecule has 3 rings (SSSR count). The molecule has 0 saturated heterocycles. The van der Waals surface area contributed by atoms with Gasteiger partial charge >= 0.3 is 0 Å². The molecule has 1 unspecified atom stereocenters. The fraction of sp³-hybridized carbons (Fsp3) is 0.0714. The Kier molecular flexibility index (Phi) is 2.68. The molecule has 2 N–H and O–H groups in total. The minimum Gasteiger partial charge on any atom is -0.367 e. The molecule has 1 amide bonds. The number of para-hydroxylation sites is 1. The molecular formula is C14H11ClN2O. The van der Waals surface area contributed by atoms with Crippen LogP contribution in [0.2, 0.25) is 5.02 Å². The van der Waals surface area contributed by atoms with Crippen LogP contribution in [0.25, 0.3) is 0 Å². The monoisotopic (exact) mass is 258 g/mol. The fourth-order valence-electron chi connectivity index (χ4n) is 2.07. The van der Waals surface area contributed by atoms with Crippen molar-refractivity contribution in [3.8, 4) is 0 Å². The first-order chi connectivity index (χ1) is 8.75. The Balaban J connectivity index is 2.02. The maximum atomic E-state index is 12.1. The molecule has 1 aliphatic rings. The summed E-state index contributed by atoms with van der Waals surface area (Å²) in [6.07, 6.45) is 0. The number of hydrogen-bond acceptors (Lipinski definition) is 2. The van der Waals surface area contributed by atoms with E-state index in [0.717, 1.165) is 16.9 Å². The standard InChI is InChI=1S/C14H11ClN2O/c15-10-7-4-8-11-13(10)17-12(14(18)16-11)9-5-2-1-3-6-9/h1-8,12,17H,(H,16,18). The van der Waals surface area contributed by atoms with Crippen molar-refractivity contribution in [3.05, 3.63) is 59.1 Å². The van der Waals surface area contributed by atoms with Gasteiger partial charge in [-0.15, -0.1) is 0 Å². The van der Waals surface area contributed by atoms with Crippen molar-refractivity contribution in [2.75, 3.05) is 10.6 Å². The molecule has 0 saturated carbocycles. The van der Waals surface area contributed by atoms with Crippen LogP contribution in [0.4, 0.5) is 11.4 Å². The van der Waals surface area contributed by atoms with E-state index in [9.17, 15) is 4.79 Å². The summed E-state index contributed by atoms with van der Waals surface area (Å²) >= 11 is 6.13. The SMILES string of the molecule is O=C1Nc2cccc(Cl)c2NC1c1ccccc1. The maximum Gasteiger partial charge on any atom is 0.251 e. The van der Waals surface area contributed by atoms with Crippen LogP contribution < -0.4 is 10.6 Å². The van der Waals surface area contributed by atoms with Gasteiger partial charge in [-0.05, 0) is 17.7 Å². The fourth-order valence-corrected chi connectivity index (χ4v) is 2.30. The molecule has 0 aliphatic carbocycles. The van der Waals surface area contributed by atoms with Gasteiger partial charge in [0.1, 0.15) is 6.04 Å². The minimum atomic E-state index is -0.404. The smallest absolute Gasteiger partial charge is 0.251 e. The normalized spacial score (nSPS) is 17.6.